The molecule has 2 aromatic rings. The zero-order valence-corrected chi connectivity index (χ0v) is 19.4. The maximum Gasteiger partial charge on any atom is 0.306 e. The van der Waals surface area contributed by atoms with Crippen LogP contribution in [0, 0.1) is 36.5 Å². The highest BCUT2D eigenvalue weighted by Gasteiger charge is 2.33. The van der Waals surface area contributed by atoms with Crippen molar-refractivity contribution in [2.24, 2.45) is 11.1 Å². The summed E-state index contributed by atoms with van der Waals surface area (Å²) in [5.41, 5.74) is 9.37. The number of nitrogen functional groups attached to an aromatic ring is 1. The second-order valence-corrected chi connectivity index (χ2v) is 8.32. The number of hydrogen-bond acceptors (Lipinski definition) is 5. The van der Waals surface area contributed by atoms with Gasteiger partial charge in [0.2, 0.25) is 0 Å². The van der Waals surface area contributed by atoms with E-state index in [1.165, 1.54) is 0 Å². The van der Waals surface area contributed by atoms with Gasteiger partial charge in [-0.2, -0.15) is 0 Å². The Balaban J connectivity index is 2.10. The second-order valence-electron chi connectivity index (χ2n) is 8.32. The lowest BCUT2D eigenvalue weighted by atomic mass is 9.79. The van der Waals surface area contributed by atoms with Gasteiger partial charge in [0, 0.05) is 27.8 Å². The number of carbonyl (C=O) groups is 2. The highest BCUT2D eigenvalue weighted by Crippen LogP contribution is 2.29. The molecule has 0 atom stereocenters. The van der Waals surface area contributed by atoms with Crippen LogP contribution >= 0.6 is 0 Å². The van der Waals surface area contributed by atoms with Gasteiger partial charge in [0.25, 0.3) is 0 Å². The van der Waals surface area contributed by atoms with Gasteiger partial charge in [-0.3, -0.25) is 15.0 Å². The number of nitrogens with one attached hydrogen (secondary N) is 2. The summed E-state index contributed by atoms with van der Waals surface area (Å²) in [6.45, 7) is 9.84. The molecule has 168 valence electrons. The summed E-state index contributed by atoms with van der Waals surface area (Å²) in [4.78, 5) is 25.0. The number of hydrogen-bond donors (Lipinski definition) is 3. The van der Waals surface area contributed by atoms with E-state index in [4.69, 9.17) is 15.9 Å². The highest BCUT2D eigenvalue weighted by atomic mass is 16.5. The van der Waals surface area contributed by atoms with Gasteiger partial charge >= 0.3 is 5.97 Å². The molecule has 0 fully saturated rings. The van der Waals surface area contributed by atoms with E-state index < -0.39 is 5.41 Å². The molecule has 32 heavy (non-hydrogen) atoms. The number of amidine groups is 1. The van der Waals surface area contributed by atoms with Crippen LogP contribution in [0.3, 0.4) is 0 Å². The van der Waals surface area contributed by atoms with Crippen molar-refractivity contribution in [3.8, 4) is 11.8 Å². The summed E-state index contributed by atoms with van der Waals surface area (Å²) in [6, 6.07) is 11.0. The molecule has 0 saturated heterocycles. The molecule has 0 bridgehead atoms. The topological polar surface area (TPSA) is 105 Å². The lowest BCUT2D eigenvalue weighted by Crippen LogP contribution is -2.29. The molecule has 0 aromatic heterocycles. The summed E-state index contributed by atoms with van der Waals surface area (Å²) in [5, 5.41) is 10.6. The monoisotopic (exact) mass is 433 g/mol. The number of benzene rings is 2. The molecule has 0 amide bonds. The maximum atomic E-state index is 13.1. The van der Waals surface area contributed by atoms with E-state index in [2.05, 4.69) is 17.2 Å². The molecule has 0 aliphatic rings. The molecule has 0 saturated carbocycles. The number of carbonyl (C=O) groups excluding carboxylic acids is 2. The molecule has 0 aliphatic heterocycles. The zero-order chi connectivity index (χ0) is 23.9. The summed E-state index contributed by atoms with van der Waals surface area (Å²) in [6.07, 6.45) is 0.0405. The van der Waals surface area contributed by atoms with Gasteiger partial charge in [0.1, 0.15) is 5.84 Å². The number of aryl methyl sites for hydroxylation is 2. The van der Waals surface area contributed by atoms with Crippen molar-refractivity contribution in [1.29, 1.82) is 5.41 Å². The van der Waals surface area contributed by atoms with E-state index in [-0.39, 0.29) is 24.0 Å². The third-order valence-corrected chi connectivity index (χ3v) is 5.12. The van der Waals surface area contributed by atoms with Crippen LogP contribution in [0.4, 0.5) is 5.69 Å². The minimum Gasteiger partial charge on any atom is -0.466 e. The van der Waals surface area contributed by atoms with Crippen LogP contribution in [0.2, 0.25) is 0 Å². The zero-order valence-electron chi connectivity index (χ0n) is 19.4. The molecular weight excluding hydrogens is 402 g/mol. The molecule has 6 nitrogen and oxygen atoms in total. The summed E-state index contributed by atoms with van der Waals surface area (Å²) < 4.78 is 5.01. The standard InChI is InChI=1S/C26H31N3O3/c1-6-32-23(30)16-26(4,5)24(31)22-15-17(2)20(14-18(22)3)8-7-13-29-21-11-9-19(10-12-21)25(27)28/h9-12,14-15,29H,6,13,16H2,1-5H3,(H3,27,28). The van der Waals surface area contributed by atoms with E-state index in [9.17, 15) is 9.59 Å². The largest absolute Gasteiger partial charge is 0.466 e. The fraction of sp³-hybridized carbons (Fsp3) is 0.346. The van der Waals surface area contributed by atoms with Gasteiger partial charge in [-0.05, 0) is 68.3 Å². The SMILES string of the molecule is CCOC(=O)CC(C)(C)C(=O)c1cc(C)c(C#CCNc2ccc(C(=N)N)cc2)cc1C. The predicted molar refractivity (Wildman–Crippen MR) is 128 cm³/mol. The number of esters is 1. The van der Waals surface area contributed by atoms with E-state index >= 15 is 0 Å². The first-order valence-electron chi connectivity index (χ1n) is 10.5. The van der Waals surface area contributed by atoms with Crippen LogP contribution in [-0.2, 0) is 9.53 Å². The first-order valence-corrected chi connectivity index (χ1v) is 10.5. The van der Waals surface area contributed by atoms with Gasteiger partial charge in [-0.25, -0.2) is 0 Å². The number of nitrogens with two attached hydrogens (primary N) is 1. The summed E-state index contributed by atoms with van der Waals surface area (Å²) in [7, 11) is 0. The Kier molecular flexibility index (Phi) is 8.20. The van der Waals surface area contributed by atoms with Crippen molar-refractivity contribution in [2.45, 2.75) is 41.0 Å². The summed E-state index contributed by atoms with van der Waals surface area (Å²) >= 11 is 0. The Bertz CT molecular complexity index is 1070. The highest BCUT2D eigenvalue weighted by molar-refractivity contribution is 6.03. The molecule has 0 unspecified atom stereocenters. The van der Waals surface area contributed by atoms with Gasteiger partial charge in [0.05, 0.1) is 19.6 Å². The van der Waals surface area contributed by atoms with Crippen molar-refractivity contribution >= 4 is 23.3 Å². The van der Waals surface area contributed by atoms with Crippen molar-refractivity contribution in [1.82, 2.24) is 0 Å². The van der Waals surface area contributed by atoms with Crippen molar-refractivity contribution in [3.63, 3.8) is 0 Å². The molecule has 2 aromatic carbocycles. The van der Waals surface area contributed by atoms with Gasteiger partial charge in [-0.1, -0.05) is 25.7 Å². The van der Waals surface area contributed by atoms with Crippen LogP contribution in [-0.4, -0.2) is 30.7 Å². The minimum atomic E-state index is -0.849. The molecule has 0 aliphatic carbocycles. The Morgan fingerprint density at radius 2 is 1.78 bits per heavy atom. The van der Waals surface area contributed by atoms with Crippen molar-refractivity contribution in [3.05, 3.63) is 64.2 Å². The van der Waals surface area contributed by atoms with Crippen LogP contribution in [0.1, 0.15) is 59.8 Å². The molecule has 4 N–H and O–H groups in total. The Morgan fingerprint density at radius 3 is 2.38 bits per heavy atom. The van der Waals surface area contributed by atoms with E-state index in [1.807, 2.05) is 38.1 Å². The maximum absolute atomic E-state index is 13.1. The quantitative estimate of drug-likeness (QED) is 0.190. The Hall–Kier alpha value is -3.59. The molecule has 0 spiro atoms. The lowest BCUT2D eigenvalue weighted by Gasteiger charge is -2.23. The molecular formula is C26H31N3O3. The average Bonchev–Trinajstić information content (AvgIpc) is 2.72. The lowest BCUT2D eigenvalue weighted by molar-refractivity contribution is -0.144. The Morgan fingerprint density at radius 1 is 1.12 bits per heavy atom. The summed E-state index contributed by atoms with van der Waals surface area (Å²) in [5.74, 6) is 5.84. The van der Waals surface area contributed by atoms with Gasteiger partial charge in [-0.15, -0.1) is 0 Å². The number of ether oxygens (including phenoxy) is 1. The van der Waals surface area contributed by atoms with Gasteiger partial charge in [0.15, 0.2) is 5.78 Å². The smallest absolute Gasteiger partial charge is 0.306 e. The normalized spacial score (nSPS) is 10.7. The molecule has 0 radical (unpaired) electrons. The fourth-order valence-corrected chi connectivity index (χ4v) is 3.27. The first kappa shape index (κ1) is 24.7. The van der Waals surface area contributed by atoms with E-state index in [1.54, 1.807) is 32.9 Å². The average molecular weight is 434 g/mol. The van der Waals surface area contributed by atoms with E-state index in [0.29, 0.717) is 24.3 Å². The van der Waals surface area contributed by atoms with Gasteiger partial charge < -0.3 is 15.8 Å². The molecule has 6 heteroatoms. The second kappa shape index (κ2) is 10.6. The minimum absolute atomic E-state index is 0.0356. The third kappa shape index (κ3) is 6.45. The molecule has 0 heterocycles. The number of Topliss-reactive ketones (excluding diaryl/α,β-unsaturated/α-hetero) is 1. The van der Waals surface area contributed by atoms with Crippen molar-refractivity contribution in [2.75, 3.05) is 18.5 Å². The van der Waals surface area contributed by atoms with Crippen molar-refractivity contribution < 1.29 is 14.3 Å². The number of anilines is 1. The number of rotatable bonds is 8. The molecule has 2 rings (SSSR count). The first-order chi connectivity index (χ1) is 15.0. The van der Waals surface area contributed by atoms with E-state index in [0.717, 1.165) is 22.4 Å². The fourth-order valence-electron chi connectivity index (χ4n) is 3.27. The van der Waals surface area contributed by atoms with Crippen LogP contribution in [0.15, 0.2) is 36.4 Å². The van der Waals surface area contributed by atoms with Crippen LogP contribution in [0.25, 0.3) is 0 Å². The number of ketones is 1. The van der Waals surface area contributed by atoms with Crippen LogP contribution in [0.5, 0.6) is 0 Å². The predicted octanol–water partition coefficient (Wildman–Crippen LogP) is 4.21. The van der Waals surface area contributed by atoms with Crippen LogP contribution < -0.4 is 11.1 Å². The Labute approximate surface area is 190 Å². The third-order valence-electron chi connectivity index (χ3n) is 5.12.